The first-order valence-corrected chi connectivity index (χ1v) is 7.56. The molecule has 0 aliphatic heterocycles. The second-order valence-electron chi connectivity index (χ2n) is 4.37. The van der Waals surface area contributed by atoms with Crippen LogP contribution in [0.4, 0.5) is 11.4 Å². The number of hydrogen-bond acceptors (Lipinski definition) is 2. The van der Waals surface area contributed by atoms with Crippen LogP contribution in [0.1, 0.15) is 5.56 Å². The van der Waals surface area contributed by atoms with Gasteiger partial charge in [0.25, 0.3) is 0 Å². The summed E-state index contributed by atoms with van der Waals surface area (Å²) in [7, 11) is 0. The second-order valence-corrected chi connectivity index (χ2v) is 6.05. The third-order valence-electron chi connectivity index (χ3n) is 2.76. The maximum absolute atomic E-state index is 11.9. The van der Waals surface area contributed by atoms with Gasteiger partial charge in [-0.2, -0.15) is 0 Å². The van der Waals surface area contributed by atoms with Gasteiger partial charge in [0, 0.05) is 20.0 Å². The molecule has 0 spiro atoms. The van der Waals surface area contributed by atoms with Gasteiger partial charge in [0.2, 0.25) is 5.91 Å². The van der Waals surface area contributed by atoms with Gasteiger partial charge < -0.3 is 10.6 Å². The third-order valence-corrected chi connectivity index (χ3v) is 3.71. The highest BCUT2D eigenvalue weighted by atomic mass is 127. The molecule has 2 rings (SSSR count). The molecule has 0 aliphatic carbocycles. The minimum atomic E-state index is -0.0889. The van der Waals surface area contributed by atoms with E-state index in [1.807, 2.05) is 37.3 Å². The van der Waals surface area contributed by atoms with Gasteiger partial charge in [-0.1, -0.05) is 11.6 Å². The number of anilines is 2. The number of nitrogens with one attached hydrogen (secondary N) is 2. The lowest BCUT2D eigenvalue weighted by atomic mass is 10.2. The molecule has 0 bridgehead atoms. The van der Waals surface area contributed by atoms with Gasteiger partial charge in [-0.15, -0.1) is 0 Å². The van der Waals surface area contributed by atoms with E-state index in [0.717, 1.165) is 20.5 Å². The van der Waals surface area contributed by atoms with Crippen molar-refractivity contribution in [3.63, 3.8) is 0 Å². The maximum Gasteiger partial charge on any atom is 0.243 e. The first-order valence-electron chi connectivity index (χ1n) is 6.10. The molecule has 20 heavy (non-hydrogen) atoms. The topological polar surface area (TPSA) is 41.1 Å². The minimum absolute atomic E-state index is 0.0889. The van der Waals surface area contributed by atoms with E-state index >= 15 is 0 Å². The summed E-state index contributed by atoms with van der Waals surface area (Å²) >= 11 is 8.12. The summed E-state index contributed by atoms with van der Waals surface area (Å²) in [6.07, 6.45) is 0. The van der Waals surface area contributed by atoms with Crippen LogP contribution in [0.25, 0.3) is 0 Å². The van der Waals surface area contributed by atoms with E-state index in [9.17, 15) is 4.79 Å². The van der Waals surface area contributed by atoms with E-state index in [-0.39, 0.29) is 12.5 Å². The minimum Gasteiger partial charge on any atom is -0.376 e. The number of halogens is 2. The van der Waals surface area contributed by atoms with Gasteiger partial charge in [-0.05, 0) is 77.5 Å². The van der Waals surface area contributed by atoms with Crippen molar-refractivity contribution in [1.29, 1.82) is 0 Å². The Hall–Kier alpha value is -1.27. The predicted molar refractivity (Wildman–Crippen MR) is 92.5 cm³/mol. The number of rotatable bonds is 4. The van der Waals surface area contributed by atoms with Gasteiger partial charge in [0.1, 0.15) is 0 Å². The molecule has 2 aromatic carbocycles. The van der Waals surface area contributed by atoms with Gasteiger partial charge in [-0.3, -0.25) is 4.79 Å². The Labute approximate surface area is 136 Å². The Balaban J connectivity index is 1.90. The lowest BCUT2D eigenvalue weighted by Crippen LogP contribution is -2.22. The van der Waals surface area contributed by atoms with E-state index in [0.29, 0.717) is 5.02 Å². The number of amides is 1. The highest BCUT2D eigenvalue weighted by Crippen LogP contribution is 2.19. The van der Waals surface area contributed by atoms with Crippen LogP contribution in [-0.4, -0.2) is 12.5 Å². The highest BCUT2D eigenvalue weighted by Gasteiger charge is 2.05. The largest absolute Gasteiger partial charge is 0.376 e. The van der Waals surface area contributed by atoms with E-state index in [1.54, 1.807) is 12.1 Å². The van der Waals surface area contributed by atoms with Crippen molar-refractivity contribution in [2.45, 2.75) is 6.92 Å². The van der Waals surface area contributed by atoms with Crippen molar-refractivity contribution in [2.24, 2.45) is 0 Å². The van der Waals surface area contributed by atoms with Crippen molar-refractivity contribution in [3.8, 4) is 0 Å². The summed E-state index contributed by atoms with van der Waals surface area (Å²) in [5.74, 6) is -0.0889. The van der Waals surface area contributed by atoms with Gasteiger partial charge >= 0.3 is 0 Å². The molecule has 0 heterocycles. The van der Waals surface area contributed by atoms with Crippen molar-refractivity contribution in [1.82, 2.24) is 0 Å². The van der Waals surface area contributed by atoms with Crippen molar-refractivity contribution in [3.05, 3.63) is 56.6 Å². The Kier molecular flexibility index (Phi) is 5.25. The first kappa shape index (κ1) is 15.1. The van der Waals surface area contributed by atoms with Crippen molar-refractivity contribution < 1.29 is 4.79 Å². The molecule has 0 saturated heterocycles. The van der Waals surface area contributed by atoms with Gasteiger partial charge in [-0.25, -0.2) is 0 Å². The lowest BCUT2D eigenvalue weighted by molar-refractivity contribution is -0.114. The molecule has 2 N–H and O–H groups in total. The van der Waals surface area contributed by atoms with Crippen LogP contribution >= 0.6 is 34.2 Å². The third kappa shape index (κ3) is 4.38. The Morgan fingerprint density at radius 3 is 2.55 bits per heavy atom. The Bertz CT molecular complexity index is 614. The molecule has 1 amide bonds. The molecule has 0 aromatic heterocycles. The second kappa shape index (κ2) is 6.95. The molecule has 3 nitrogen and oxygen atoms in total. The Morgan fingerprint density at radius 1 is 1.20 bits per heavy atom. The lowest BCUT2D eigenvalue weighted by Gasteiger charge is -2.10. The summed E-state index contributed by atoms with van der Waals surface area (Å²) < 4.78 is 1.16. The molecule has 0 radical (unpaired) electrons. The molecule has 0 atom stereocenters. The molecule has 0 aliphatic rings. The van der Waals surface area contributed by atoms with Crippen LogP contribution in [-0.2, 0) is 4.79 Å². The fourth-order valence-corrected chi connectivity index (χ4v) is 2.30. The predicted octanol–water partition coefficient (Wildman–Crippen LogP) is 4.30. The summed E-state index contributed by atoms with van der Waals surface area (Å²) in [5.41, 5.74) is 2.65. The molecular formula is C15H14ClIN2O. The highest BCUT2D eigenvalue weighted by molar-refractivity contribution is 14.1. The smallest absolute Gasteiger partial charge is 0.243 e. The normalized spacial score (nSPS) is 10.2. The average Bonchev–Trinajstić information content (AvgIpc) is 2.41. The number of hydrogen-bond donors (Lipinski definition) is 2. The molecule has 104 valence electrons. The van der Waals surface area contributed by atoms with E-state index in [4.69, 9.17) is 11.6 Å². The molecule has 2 aromatic rings. The van der Waals surface area contributed by atoms with Gasteiger partial charge in [0.15, 0.2) is 0 Å². The summed E-state index contributed by atoms with van der Waals surface area (Å²) in [6, 6.07) is 13.3. The van der Waals surface area contributed by atoms with Gasteiger partial charge in [0.05, 0.1) is 6.54 Å². The van der Waals surface area contributed by atoms with Crippen molar-refractivity contribution in [2.75, 3.05) is 17.2 Å². The molecule has 0 saturated carbocycles. The zero-order valence-corrected chi connectivity index (χ0v) is 13.8. The van der Waals surface area contributed by atoms with Crippen LogP contribution in [0.5, 0.6) is 0 Å². The number of benzene rings is 2. The van der Waals surface area contributed by atoms with Crippen LogP contribution < -0.4 is 10.6 Å². The number of carbonyl (C=O) groups is 1. The van der Waals surface area contributed by atoms with Crippen LogP contribution in [0.2, 0.25) is 5.02 Å². The summed E-state index contributed by atoms with van der Waals surface area (Å²) in [5, 5.41) is 6.60. The zero-order chi connectivity index (χ0) is 14.5. The number of carbonyl (C=O) groups excluding carboxylic acids is 1. The van der Waals surface area contributed by atoms with Crippen LogP contribution in [0.15, 0.2) is 42.5 Å². The maximum atomic E-state index is 11.9. The van der Waals surface area contributed by atoms with Crippen molar-refractivity contribution >= 4 is 51.5 Å². The first-order chi connectivity index (χ1) is 9.54. The SMILES string of the molecule is Cc1cc(Cl)ccc1NC(=O)CNc1ccc(I)cc1. The van der Waals surface area contributed by atoms with Crippen LogP contribution in [0.3, 0.4) is 0 Å². The fraction of sp³-hybridized carbons (Fsp3) is 0.133. The van der Waals surface area contributed by atoms with E-state index in [2.05, 4.69) is 33.2 Å². The van der Waals surface area contributed by atoms with E-state index in [1.165, 1.54) is 0 Å². The summed E-state index contributed by atoms with van der Waals surface area (Å²) in [6.45, 7) is 2.14. The average molecular weight is 401 g/mol. The molecule has 5 heteroatoms. The molecule has 0 fully saturated rings. The van der Waals surface area contributed by atoms with Crippen LogP contribution in [0, 0.1) is 10.5 Å². The Morgan fingerprint density at radius 2 is 1.90 bits per heavy atom. The van der Waals surface area contributed by atoms with E-state index < -0.39 is 0 Å². The zero-order valence-electron chi connectivity index (χ0n) is 10.9. The quantitative estimate of drug-likeness (QED) is 0.751. The monoisotopic (exact) mass is 400 g/mol. The standard InChI is InChI=1S/C15H14ClIN2O/c1-10-8-11(16)2-7-14(10)19-15(20)9-18-13-5-3-12(17)4-6-13/h2-8,18H,9H2,1H3,(H,19,20). The summed E-state index contributed by atoms with van der Waals surface area (Å²) in [4.78, 5) is 11.9. The number of aryl methyl sites for hydroxylation is 1. The molecule has 0 unspecified atom stereocenters. The fourth-order valence-electron chi connectivity index (χ4n) is 1.71. The molecular weight excluding hydrogens is 387 g/mol.